The van der Waals surface area contributed by atoms with Crippen LogP contribution in [0.2, 0.25) is 0 Å². The summed E-state index contributed by atoms with van der Waals surface area (Å²) >= 11 is 0. The van der Waals surface area contributed by atoms with Gasteiger partial charge >= 0.3 is 0 Å². The van der Waals surface area contributed by atoms with Crippen LogP contribution in [0.15, 0.2) is 29.7 Å². The fourth-order valence-electron chi connectivity index (χ4n) is 6.17. The summed E-state index contributed by atoms with van der Waals surface area (Å²) in [4.78, 5) is 38.8. The summed E-state index contributed by atoms with van der Waals surface area (Å²) in [5, 5.41) is 7.69. The van der Waals surface area contributed by atoms with Crippen LogP contribution in [0.5, 0.6) is 0 Å². The highest BCUT2D eigenvalue weighted by atomic mass is 31.2. The maximum atomic E-state index is 16.3. The molecule has 2 N–H and O–H groups in total. The van der Waals surface area contributed by atoms with E-state index in [-0.39, 0.29) is 35.6 Å². The van der Waals surface area contributed by atoms with Gasteiger partial charge in [0.15, 0.2) is 41.6 Å². The molecule has 0 aliphatic carbocycles. The van der Waals surface area contributed by atoms with Crippen molar-refractivity contribution in [3.05, 3.63) is 41.0 Å². The second kappa shape index (κ2) is 11.6. The van der Waals surface area contributed by atoms with Crippen LogP contribution >= 0.6 is 14.9 Å². The largest absolute Gasteiger partial charge is 0.346 e. The van der Waals surface area contributed by atoms with Gasteiger partial charge in [0.05, 0.1) is 42.6 Å². The third-order valence-corrected chi connectivity index (χ3v) is 10.4. The molecule has 4 aliphatic rings. The summed E-state index contributed by atoms with van der Waals surface area (Å²) in [5.41, 5.74) is 0.315. The fraction of sp³-hybridized carbons (Fsp3) is 0.500. The Hall–Kier alpha value is -3.35. The van der Waals surface area contributed by atoms with Gasteiger partial charge in [-0.3, -0.25) is 23.3 Å². The molecular weight excluding hydrogens is 682 g/mol. The number of H-pyrrole nitrogens is 1. The van der Waals surface area contributed by atoms with E-state index in [1.54, 1.807) is 6.07 Å². The number of pyridine rings is 1. The number of ether oxygens (including phenoxy) is 2. The maximum Gasteiger partial charge on any atom is 0.278 e. The first kappa shape index (κ1) is 31.9. The molecule has 0 aromatic carbocycles. The molecule has 24 heteroatoms. The number of imidazole rings is 1. The number of nitrogens with one attached hydrogen (secondary N) is 2. The molecule has 8 heterocycles. The topological polar surface area (TPSA) is 213 Å². The lowest BCUT2D eigenvalue weighted by Crippen LogP contribution is -2.37. The molecule has 3 fully saturated rings. The van der Waals surface area contributed by atoms with Crippen molar-refractivity contribution in [2.45, 2.75) is 62.1 Å². The van der Waals surface area contributed by atoms with Crippen molar-refractivity contribution in [1.82, 2.24) is 34.3 Å². The SMILES string of the molecule is [B]P1(=O)OC[C@H]2O[C@@H](n3cnc4c(=O)[nH]cnc43)C(F)[C@H]2OP([B])(=O)OC[C@H]2O[C@@H](n3nc4c5c(ccnc53)NC(=O)CC4)[C@@H](F)C2O1. The maximum absolute atomic E-state index is 16.3. The zero-order chi connectivity index (χ0) is 33.5. The smallest absolute Gasteiger partial charge is 0.278 e. The molecule has 8 rings (SSSR count). The van der Waals surface area contributed by atoms with E-state index in [9.17, 15) is 18.7 Å². The van der Waals surface area contributed by atoms with Gasteiger partial charge in [0.2, 0.25) is 21.0 Å². The molecule has 4 radical (unpaired) electrons. The van der Waals surface area contributed by atoms with E-state index in [1.165, 1.54) is 6.20 Å². The molecule has 18 nitrogen and oxygen atoms in total. The second-order valence-electron chi connectivity index (χ2n) is 11.4. The molecule has 4 unspecified atom stereocenters. The summed E-state index contributed by atoms with van der Waals surface area (Å²) in [5.74, 6) is -0.226. The molecule has 0 saturated carbocycles. The number of aryl methyl sites for hydroxylation is 1. The minimum Gasteiger partial charge on any atom is -0.346 e. The summed E-state index contributed by atoms with van der Waals surface area (Å²) in [6, 6.07) is 1.58. The van der Waals surface area contributed by atoms with Gasteiger partial charge in [0.25, 0.3) is 20.5 Å². The average Bonchev–Trinajstić information content (AvgIpc) is 3.75. The van der Waals surface area contributed by atoms with Gasteiger partial charge in [-0.25, -0.2) is 28.4 Å². The Morgan fingerprint density at radius 3 is 2.27 bits per heavy atom. The third kappa shape index (κ3) is 5.44. The van der Waals surface area contributed by atoms with Crippen LogP contribution in [0.1, 0.15) is 24.6 Å². The minimum absolute atomic E-state index is 0.0383. The number of fused-ring (bicyclic) bond motifs is 3. The zero-order valence-corrected chi connectivity index (χ0v) is 26.1. The first-order valence-electron chi connectivity index (χ1n) is 14.5. The Balaban J connectivity index is 1.08. The lowest BCUT2D eigenvalue weighted by Gasteiger charge is -2.29. The highest BCUT2D eigenvalue weighted by Gasteiger charge is 2.54. The van der Waals surface area contributed by atoms with Crippen LogP contribution in [-0.4, -0.2) is 105 Å². The van der Waals surface area contributed by atoms with Gasteiger partial charge in [0.1, 0.15) is 24.4 Å². The molecule has 4 aromatic heterocycles. The quantitative estimate of drug-likeness (QED) is 0.223. The summed E-state index contributed by atoms with van der Waals surface area (Å²) in [7, 11) is 2.41. The van der Waals surface area contributed by atoms with Crippen molar-refractivity contribution in [2.24, 2.45) is 0 Å². The van der Waals surface area contributed by atoms with Gasteiger partial charge in [-0.2, -0.15) is 5.10 Å². The molecule has 4 aromatic rings. The number of nitrogens with zero attached hydrogens (tertiary/aromatic N) is 6. The Kier molecular flexibility index (Phi) is 7.72. The highest BCUT2D eigenvalue weighted by Crippen LogP contribution is 2.54. The summed E-state index contributed by atoms with van der Waals surface area (Å²) in [6.45, 7) is -1.52. The van der Waals surface area contributed by atoms with Crippen molar-refractivity contribution in [3.63, 3.8) is 0 Å². The number of aromatic nitrogens is 7. The van der Waals surface area contributed by atoms with Crippen LogP contribution < -0.4 is 10.9 Å². The Labute approximate surface area is 270 Å². The number of carbonyl (C=O) groups excluding carboxylic acids is 1. The highest BCUT2D eigenvalue weighted by molar-refractivity contribution is 7.79. The van der Waals surface area contributed by atoms with E-state index < -0.39 is 82.9 Å². The number of amides is 1. The van der Waals surface area contributed by atoms with Crippen molar-refractivity contribution < 1.29 is 50.3 Å². The Morgan fingerprint density at radius 1 is 0.896 bits per heavy atom. The minimum atomic E-state index is -4.65. The van der Waals surface area contributed by atoms with Gasteiger partial charge < -0.3 is 37.9 Å². The monoisotopic (exact) mass is 704 g/mol. The lowest BCUT2D eigenvalue weighted by atomic mass is 10.1. The molecule has 0 spiro atoms. The number of carbonyl (C=O) groups is 1. The number of hydrogen-bond donors (Lipinski definition) is 2. The standard InChI is InChI=1S/C24H22B2F2N8O10P2/c25-47(39)42-6-12-19(16(28)24(44-12)36-20-14-9(3-4-29-20)33-13(37)2-1-10(14)34-36)46-48(26,40)41-5-11-18(45-47)15(27)23(43-11)35-8-32-17-21(35)30-7-31-22(17)38/h3-4,7-8,11-12,15-16,18-19,23-24H,1-2,5-6H2,(H,33,37)(H,30,31,38)/t11-,12-,15?,16+,18+,19?,23-,24-,47?,48?/m1/s1. The van der Waals surface area contributed by atoms with E-state index in [4.69, 9.17) is 42.7 Å². The predicted octanol–water partition coefficient (Wildman–Crippen LogP) is 1.29. The first-order valence-corrected chi connectivity index (χ1v) is 17.7. The van der Waals surface area contributed by atoms with E-state index in [0.29, 0.717) is 16.8 Å². The number of aromatic amines is 1. The normalized spacial score (nSPS) is 37.3. The predicted molar refractivity (Wildman–Crippen MR) is 159 cm³/mol. The number of halogens is 2. The molecule has 10 atom stereocenters. The average molecular weight is 704 g/mol. The van der Waals surface area contributed by atoms with Crippen LogP contribution in [0.25, 0.3) is 22.2 Å². The van der Waals surface area contributed by atoms with Crippen molar-refractivity contribution in [2.75, 3.05) is 18.5 Å². The molecule has 248 valence electrons. The van der Waals surface area contributed by atoms with E-state index in [2.05, 4.69) is 30.4 Å². The van der Waals surface area contributed by atoms with Crippen molar-refractivity contribution >= 4 is 63.9 Å². The molecular formula is C24H22B2F2N8O10P2. The number of hydrogen-bond acceptors (Lipinski definition) is 14. The molecule has 3 saturated heterocycles. The molecule has 4 aliphatic heterocycles. The second-order valence-corrected chi connectivity index (χ2v) is 14.5. The fourth-order valence-corrected chi connectivity index (χ4v) is 8.19. The van der Waals surface area contributed by atoms with Crippen molar-refractivity contribution in [3.8, 4) is 0 Å². The van der Waals surface area contributed by atoms with E-state index >= 15 is 8.78 Å². The van der Waals surface area contributed by atoms with Crippen LogP contribution in [-0.2, 0) is 47.9 Å². The summed E-state index contributed by atoms with van der Waals surface area (Å²) < 4.78 is 94.4. The van der Waals surface area contributed by atoms with Gasteiger partial charge in [-0.05, 0) is 6.07 Å². The lowest BCUT2D eigenvalue weighted by molar-refractivity contribution is -0.116. The summed E-state index contributed by atoms with van der Waals surface area (Å²) in [6.07, 6.45) is -9.85. The molecule has 0 bridgehead atoms. The Morgan fingerprint density at radius 2 is 1.56 bits per heavy atom. The van der Waals surface area contributed by atoms with Crippen molar-refractivity contribution in [1.29, 1.82) is 0 Å². The van der Waals surface area contributed by atoms with Crippen LogP contribution in [0, 0.1) is 0 Å². The number of rotatable bonds is 2. The van der Waals surface area contributed by atoms with Gasteiger partial charge in [-0.15, -0.1) is 0 Å². The first-order chi connectivity index (χ1) is 22.9. The molecule has 48 heavy (non-hydrogen) atoms. The zero-order valence-electron chi connectivity index (χ0n) is 24.3. The van der Waals surface area contributed by atoms with Crippen LogP contribution in [0.4, 0.5) is 14.5 Å². The Bertz CT molecular complexity index is 2100. The molecule has 1 amide bonds. The van der Waals surface area contributed by atoms with Gasteiger partial charge in [0, 0.05) is 19.0 Å². The van der Waals surface area contributed by atoms with Crippen LogP contribution in [0.3, 0.4) is 0 Å². The van der Waals surface area contributed by atoms with E-state index in [0.717, 1.165) is 21.9 Å². The third-order valence-electron chi connectivity index (χ3n) is 8.32. The number of alkyl halides is 2. The number of anilines is 1. The van der Waals surface area contributed by atoms with E-state index in [1.807, 2.05) is 0 Å². The van der Waals surface area contributed by atoms with Gasteiger partial charge in [-0.1, -0.05) is 0 Å².